The second kappa shape index (κ2) is 6.47. The van der Waals surface area contributed by atoms with Crippen LogP contribution in [0.3, 0.4) is 0 Å². The summed E-state index contributed by atoms with van der Waals surface area (Å²) in [6, 6.07) is 11.0. The third kappa shape index (κ3) is 3.65. The number of nitrogens with two attached hydrogens (primary N) is 1. The summed E-state index contributed by atoms with van der Waals surface area (Å²) in [7, 11) is 2.22. The van der Waals surface area contributed by atoms with E-state index < -0.39 is 0 Å². The van der Waals surface area contributed by atoms with Gasteiger partial charge in [0.15, 0.2) is 0 Å². The van der Waals surface area contributed by atoms with Gasteiger partial charge in [-0.1, -0.05) is 44.2 Å². The van der Waals surface area contributed by atoms with Gasteiger partial charge in [-0.3, -0.25) is 9.80 Å². The highest BCUT2D eigenvalue weighted by Gasteiger charge is 2.37. The van der Waals surface area contributed by atoms with E-state index in [9.17, 15) is 0 Å². The van der Waals surface area contributed by atoms with Crippen molar-refractivity contribution in [2.75, 3.05) is 26.7 Å². The first kappa shape index (κ1) is 16.5. The van der Waals surface area contributed by atoms with Crippen LogP contribution in [0.15, 0.2) is 30.3 Å². The van der Waals surface area contributed by atoms with E-state index >= 15 is 0 Å². The van der Waals surface area contributed by atoms with Crippen molar-refractivity contribution in [3.8, 4) is 0 Å². The van der Waals surface area contributed by atoms with E-state index in [1.54, 1.807) is 0 Å². The number of likely N-dealkylation sites (N-methyl/N-ethyl adjacent to an activating group) is 1. The second-order valence-corrected chi connectivity index (χ2v) is 7.38. The second-order valence-electron chi connectivity index (χ2n) is 7.38. The van der Waals surface area contributed by atoms with Gasteiger partial charge >= 0.3 is 0 Å². The van der Waals surface area contributed by atoms with Crippen molar-refractivity contribution in [2.45, 2.75) is 45.3 Å². The van der Waals surface area contributed by atoms with Gasteiger partial charge in [0.2, 0.25) is 0 Å². The first-order valence-electron chi connectivity index (χ1n) is 8.09. The molecule has 0 aromatic heterocycles. The summed E-state index contributed by atoms with van der Waals surface area (Å²) in [4.78, 5) is 5.05. The Bertz CT molecular complexity index is 441. The first-order chi connectivity index (χ1) is 9.83. The molecule has 1 aromatic rings. The minimum absolute atomic E-state index is 0.0745. The maximum absolute atomic E-state index is 6.64. The molecule has 1 aliphatic heterocycles. The molecule has 118 valence electrons. The van der Waals surface area contributed by atoms with Gasteiger partial charge in [0.05, 0.1) is 0 Å². The van der Waals surface area contributed by atoms with E-state index in [2.05, 4.69) is 74.9 Å². The molecule has 3 heteroatoms. The highest BCUT2D eigenvalue weighted by Crippen LogP contribution is 2.29. The fourth-order valence-corrected chi connectivity index (χ4v) is 3.47. The standard InChI is InChI=1S/C18H31N3/c1-14(2)17(16(19)15-9-7-6-8-10-15)21-12-11-20(5)18(3,4)13-21/h6-10,14,16-17H,11-13,19H2,1-5H3. The lowest BCUT2D eigenvalue weighted by Crippen LogP contribution is -2.62. The molecule has 2 rings (SSSR count). The van der Waals surface area contributed by atoms with Crippen molar-refractivity contribution in [3.05, 3.63) is 35.9 Å². The van der Waals surface area contributed by atoms with Crippen molar-refractivity contribution in [1.82, 2.24) is 9.80 Å². The number of benzene rings is 1. The van der Waals surface area contributed by atoms with E-state index in [0.717, 1.165) is 19.6 Å². The smallest absolute Gasteiger partial charge is 0.0455 e. The van der Waals surface area contributed by atoms with Crippen LogP contribution in [0, 0.1) is 5.92 Å². The van der Waals surface area contributed by atoms with Gasteiger partial charge in [0, 0.05) is 37.3 Å². The van der Waals surface area contributed by atoms with Gasteiger partial charge in [-0.05, 0) is 32.4 Å². The molecule has 0 radical (unpaired) electrons. The van der Waals surface area contributed by atoms with Crippen molar-refractivity contribution in [2.24, 2.45) is 11.7 Å². The zero-order valence-corrected chi connectivity index (χ0v) is 14.2. The number of hydrogen-bond donors (Lipinski definition) is 1. The third-order valence-electron chi connectivity index (χ3n) is 5.00. The molecule has 1 saturated heterocycles. The van der Waals surface area contributed by atoms with Crippen LogP contribution in [0.4, 0.5) is 0 Å². The van der Waals surface area contributed by atoms with Gasteiger partial charge in [-0.2, -0.15) is 0 Å². The molecule has 0 saturated carbocycles. The lowest BCUT2D eigenvalue weighted by atomic mass is 9.88. The first-order valence-corrected chi connectivity index (χ1v) is 8.09. The Morgan fingerprint density at radius 3 is 2.24 bits per heavy atom. The predicted molar refractivity (Wildman–Crippen MR) is 90.3 cm³/mol. The Kier molecular flexibility index (Phi) is 5.07. The quantitative estimate of drug-likeness (QED) is 0.925. The van der Waals surface area contributed by atoms with Crippen molar-refractivity contribution in [1.29, 1.82) is 0 Å². The molecule has 2 N–H and O–H groups in total. The average Bonchev–Trinajstić information content (AvgIpc) is 2.43. The molecule has 2 unspecified atom stereocenters. The minimum Gasteiger partial charge on any atom is -0.323 e. The molecule has 3 nitrogen and oxygen atoms in total. The maximum atomic E-state index is 6.64. The maximum Gasteiger partial charge on any atom is 0.0455 e. The summed E-state index contributed by atoms with van der Waals surface area (Å²) < 4.78 is 0. The summed E-state index contributed by atoms with van der Waals surface area (Å²) in [5, 5.41) is 0. The van der Waals surface area contributed by atoms with Gasteiger partial charge in [0.25, 0.3) is 0 Å². The highest BCUT2D eigenvalue weighted by atomic mass is 15.3. The average molecular weight is 289 g/mol. The fraction of sp³-hybridized carbons (Fsp3) is 0.667. The molecule has 0 bridgehead atoms. The molecule has 21 heavy (non-hydrogen) atoms. The molecule has 2 atom stereocenters. The number of rotatable bonds is 4. The lowest BCUT2D eigenvalue weighted by Gasteiger charge is -2.50. The zero-order chi connectivity index (χ0) is 15.6. The third-order valence-corrected chi connectivity index (χ3v) is 5.00. The number of hydrogen-bond acceptors (Lipinski definition) is 3. The molecule has 1 heterocycles. The van der Waals surface area contributed by atoms with Crippen LogP contribution in [-0.4, -0.2) is 48.1 Å². The topological polar surface area (TPSA) is 32.5 Å². The highest BCUT2D eigenvalue weighted by molar-refractivity contribution is 5.20. The lowest BCUT2D eigenvalue weighted by molar-refractivity contribution is -0.00184. The molecule has 1 fully saturated rings. The number of piperazine rings is 1. The molecule has 1 aromatic carbocycles. The minimum atomic E-state index is 0.0745. The van der Waals surface area contributed by atoms with Gasteiger partial charge in [-0.25, -0.2) is 0 Å². The Labute approximate surface area is 130 Å². The summed E-state index contributed by atoms with van der Waals surface area (Å²) in [6.45, 7) is 12.5. The molecule has 0 spiro atoms. The Morgan fingerprint density at radius 2 is 1.71 bits per heavy atom. The van der Waals surface area contributed by atoms with E-state index in [1.807, 2.05) is 0 Å². The van der Waals surface area contributed by atoms with Crippen molar-refractivity contribution in [3.63, 3.8) is 0 Å². The molecule has 0 aliphatic carbocycles. The summed E-state index contributed by atoms with van der Waals surface area (Å²) >= 11 is 0. The molecule has 1 aliphatic rings. The molecular weight excluding hydrogens is 258 g/mol. The van der Waals surface area contributed by atoms with Crippen molar-refractivity contribution >= 4 is 0 Å². The predicted octanol–water partition coefficient (Wildman–Crippen LogP) is 2.74. The Morgan fingerprint density at radius 1 is 1.10 bits per heavy atom. The van der Waals surface area contributed by atoms with Crippen LogP contribution in [0.5, 0.6) is 0 Å². The molecular formula is C18H31N3. The SMILES string of the molecule is CC(C)C(C(N)c1ccccc1)N1CCN(C)C(C)(C)C1. The van der Waals surface area contributed by atoms with Crippen molar-refractivity contribution < 1.29 is 0 Å². The Hall–Kier alpha value is -0.900. The van der Waals surface area contributed by atoms with Crippen LogP contribution in [-0.2, 0) is 0 Å². The van der Waals surface area contributed by atoms with Crippen LogP contribution >= 0.6 is 0 Å². The number of nitrogens with zero attached hydrogens (tertiary/aromatic N) is 2. The monoisotopic (exact) mass is 289 g/mol. The normalized spacial score (nSPS) is 23.2. The van der Waals surface area contributed by atoms with Gasteiger partial charge in [-0.15, -0.1) is 0 Å². The largest absolute Gasteiger partial charge is 0.323 e. The van der Waals surface area contributed by atoms with E-state index in [-0.39, 0.29) is 11.6 Å². The van der Waals surface area contributed by atoms with E-state index in [1.165, 1.54) is 5.56 Å². The summed E-state index contributed by atoms with van der Waals surface area (Å²) in [6.07, 6.45) is 0. The summed E-state index contributed by atoms with van der Waals surface area (Å²) in [5.41, 5.74) is 8.09. The fourth-order valence-electron chi connectivity index (χ4n) is 3.47. The summed E-state index contributed by atoms with van der Waals surface area (Å²) in [5.74, 6) is 0.541. The van der Waals surface area contributed by atoms with E-state index in [0.29, 0.717) is 12.0 Å². The van der Waals surface area contributed by atoms with Gasteiger partial charge < -0.3 is 5.73 Å². The van der Waals surface area contributed by atoms with E-state index in [4.69, 9.17) is 5.73 Å². The zero-order valence-electron chi connectivity index (χ0n) is 14.2. The van der Waals surface area contributed by atoms with Crippen LogP contribution in [0.25, 0.3) is 0 Å². The Balaban J connectivity index is 2.20. The van der Waals surface area contributed by atoms with Crippen LogP contribution in [0.1, 0.15) is 39.3 Å². The van der Waals surface area contributed by atoms with Crippen LogP contribution in [0.2, 0.25) is 0 Å². The molecule has 0 amide bonds. The van der Waals surface area contributed by atoms with Gasteiger partial charge in [0.1, 0.15) is 0 Å². The van der Waals surface area contributed by atoms with Crippen LogP contribution < -0.4 is 5.73 Å².